The van der Waals surface area contributed by atoms with E-state index in [4.69, 9.17) is 9.47 Å². The van der Waals surface area contributed by atoms with E-state index in [9.17, 15) is 8.78 Å². The van der Waals surface area contributed by atoms with E-state index in [2.05, 4.69) is 17.9 Å². The van der Waals surface area contributed by atoms with E-state index < -0.39 is 17.9 Å². The first-order chi connectivity index (χ1) is 12.2. The molecule has 1 heterocycles. The van der Waals surface area contributed by atoms with E-state index in [0.717, 1.165) is 17.2 Å². The molecule has 0 N–H and O–H groups in total. The Kier molecular flexibility index (Phi) is 5.60. The highest BCUT2D eigenvalue weighted by atomic mass is 19.2. The summed E-state index contributed by atoms with van der Waals surface area (Å²) in [6.07, 6.45) is 3.52. The molecule has 2 aromatic carbocycles. The van der Waals surface area contributed by atoms with E-state index in [0.29, 0.717) is 18.8 Å². The van der Waals surface area contributed by atoms with Crippen molar-refractivity contribution in [1.82, 2.24) is 0 Å². The number of hydrogen-bond acceptors (Lipinski definition) is 2. The first kappa shape index (κ1) is 17.3. The number of benzene rings is 2. The molecule has 0 saturated carbocycles. The van der Waals surface area contributed by atoms with Crippen LogP contribution in [-0.2, 0) is 9.47 Å². The Morgan fingerprint density at radius 3 is 2.28 bits per heavy atom. The fraction of sp³-hybridized carbons (Fsp3) is 0.238. The second-order valence-corrected chi connectivity index (χ2v) is 5.76. The lowest BCUT2D eigenvalue weighted by molar-refractivity contribution is -0.160. The third-order valence-corrected chi connectivity index (χ3v) is 3.86. The Bertz CT molecular complexity index is 808. The highest BCUT2D eigenvalue weighted by Crippen LogP contribution is 2.22. The van der Waals surface area contributed by atoms with E-state index in [1.807, 2.05) is 37.3 Å². The molecule has 2 nitrogen and oxygen atoms in total. The quantitative estimate of drug-likeness (QED) is 0.590. The number of hydrogen-bond donors (Lipinski definition) is 0. The molecular formula is C21H18F2O2. The fourth-order valence-corrected chi connectivity index (χ4v) is 2.55. The van der Waals surface area contributed by atoms with E-state index >= 15 is 0 Å². The van der Waals surface area contributed by atoms with Gasteiger partial charge in [-0.2, -0.15) is 0 Å². The van der Waals surface area contributed by atoms with Crippen molar-refractivity contribution in [3.8, 4) is 23.0 Å². The monoisotopic (exact) mass is 340 g/mol. The molecule has 0 aromatic heterocycles. The minimum Gasteiger partial charge on any atom is -0.341 e. The van der Waals surface area contributed by atoms with Gasteiger partial charge in [0.15, 0.2) is 11.6 Å². The van der Waals surface area contributed by atoms with Crippen molar-refractivity contribution in [3.05, 3.63) is 71.8 Å². The molecule has 3 rings (SSSR count). The van der Waals surface area contributed by atoms with Crippen LogP contribution in [0.1, 0.15) is 12.5 Å². The zero-order chi connectivity index (χ0) is 17.6. The number of allylic oxidation sites excluding steroid dienone is 1. The lowest BCUT2D eigenvalue weighted by atomic mass is 10.0. The normalized spacial score (nSPS) is 20.3. The average Bonchev–Trinajstić information content (AvgIpc) is 2.64. The Morgan fingerprint density at radius 1 is 0.960 bits per heavy atom. The van der Waals surface area contributed by atoms with Gasteiger partial charge in [0.1, 0.15) is 0 Å². The Morgan fingerprint density at radius 2 is 1.64 bits per heavy atom. The molecule has 2 aromatic rings. The largest absolute Gasteiger partial charge is 0.341 e. The van der Waals surface area contributed by atoms with Crippen molar-refractivity contribution in [2.24, 2.45) is 5.92 Å². The van der Waals surface area contributed by atoms with Gasteiger partial charge in [-0.25, -0.2) is 8.78 Å². The summed E-state index contributed by atoms with van der Waals surface area (Å²) < 4.78 is 37.4. The SMILES string of the molecule is CC=C[C@H]1CO[C@H](C#Cc2ccc(-c3ccc(F)c(F)c3)cc2)OC1. The second-order valence-electron chi connectivity index (χ2n) is 5.76. The molecule has 0 unspecified atom stereocenters. The van der Waals surface area contributed by atoms with Crippen LogP contribution in [0.4, 0.5) is 8.78 Å². The number of rotatable bonds is 2. The predicted octanol–water partition coefficient (Wildman–Crippen LogP) is 4.55. The van der Waals surface area contributed by atoms with Gasteiger partial charge in [-0.3, -0.25) is 0 Å². The summed E-state index contributed by atoms with van der Waals surface area (Å²) >= 11 is 0. The van der Waals surface area contributed by atoms with Crippen molar-refractivity contribution < 1.29 is 18.3 Å². The van der Waals surface area contributed by atoms with Gasteiger partial charge in [-0.15, -0.1) is 0 Å². The molecule has 0 atom stereocenters. The van der Waals surface area contributed by atoms with Gasteiger partial charge in [0, 0.05) is 11.5 Å². The summed E-state index contributed by atoms with van der Waals surface area (Å²) in [6, 6.07) is 11.1. The van der Waals surface area contributed by atoms with Gasteiger partial charge in [0.2, 0.25) is 6.29 Å². The van der Waals surface area contributed by atoms with Crippen molar-refractivity contribution in [3.63, 3.8) is 0 Å². The van der Waals surface area contributed by atoms with Crippen LogP contribution >= 0.6 is 0 Å². The minimum atomic E-state index is -0.857. The van der Waals surface area contributed by atoms with Crippen molar-refractivity contribution in [2.75, 3.05) is 13.2 Å². The molecule has 1 fully saturated rings. The first-order valence-electron chi connectivity index (χ1n) is 8.09. The van der Waals surface area contributed by atoms with Crippen LogP contribution in [0.5, 0.6) is 0 Å². The average molecular weight is 340 g/mol. The third kappa shape index (κ3) is 4.54. The van der Waals surface area contributed by atoms with Crippen molar-refractivity contribution in [2.45, 2.75) is 13.2 Å². The molecule has 0 radical (unpaired) electrons. The van der Waals surface area contributed by atoms with Crippen LogP contribution in [-0.4, -0.2) is 19.5 Å². The Hall–Kier alpha value is -2.48. The predicted molar refractivity (Wildman–Crippen MR) is 92.7 cm³/mol. The smallest absolute Gasteiger partial charge is 0.222 e. The molecule has 0 bridgehead atoms. The van der Waals surface area contributed by atoms with Gasteiger partial charge in [-0.1, -0.05) is 36.3 Å². The minimum absolute atomic E-state index is 0.276. The molecular weight excluding hydrogens is 322 g/mol. The molecule has 0 spiro atoms. The third-order valence-electron chi connectivity index (χ3n) is 3.86. The fourth-order valence-electron chi connectivity index (χ4n) is 2.55. The van der Waals surface area contributed by atoms with Crippen LogP contribution in [0.15, 0.2) is 54.6 Å². The molecule has 0 aliphatic carbocycles. The molecule has 4 heteroatoms. The molecule has 1 aliphatic rings. The second kappa shape index (κ2) is 8.06. The summed E-state index contributed by atoms with van der Waals surface area (Å²) in [6.45, 7) is 3.16. The lowest BCUT2D eigenvalue weighted by Crippen LogP contribution is -2.30. The summed E-state index contributed by atoms with van der Waals surface area (Å²) in [5.41, 5.74) is 2.21. The lowest BCUT2D eigenvalue weighted by Gasteiger charge is -2.24. The van der Waals surface area contributed by atoms with E-state index in [-0.39, 0.29) is 5.92 Å². The summed E-state index contributed by atoms with van der Waals surface area (Å²) in [5.74, 6) is 4.52. The summed E-state index contributed by atoms with van der Waals surface area (Å²) in [7, 11) is 0. The van der Waals surface area contributed by atoms with Crippen LogP contribution < -0.4 is 0 Å². The highest BCUT2D eigenvalue weighted by molar-refractivity contribution is 5.64. The van der Waals surface area contributed by atoms with Gasteiger partial charge in [-0.05, 0) is 48.2 Å². The van der Waals surface area contributed by atoms with Gasteiger partial charge >= 0.3 is 0 Å². The maximum Gasteiger partial charge on any atom is 0.222 e. The number of ether oxygens (including phenoxy) is 2. The first-order valence-corrected chi connectivity index (χ1v) is 8.09. The van der Waals surface area contributed by atoms with E-state index in [1.54, 1.807) is 6.07 Å². The molecule has 1 aliphatic heterocycles. The summed E-state index contributed by atoms with van der Waals surface area (Å²) in [4.78, 5) is 0. The summed E-state index contributed by atoms with van der Waals surface area (Å²) in [5, 5.41) is 0. The van der Waals surface area contributed by atoms with Gasteiger partial charge in [0.05, 0.1) is 13.2 Å². The van der Waals surface area contributed by atoms with Crippen LogP contribution in [0, 0.1) is 29.4 Å². The van der Waals surface area contributed by atoms with E-state index in [1.165, 1.54) is 6.07 Å². The molecule has 1 saturated heterocycles. The maximum absolute atomic E-state index is 13.3. The zero-order valence-electron chi connectivity index (χ0n) is 13.8. The highest BCUT2D eigenvalue weighted by Gasteiger charge is 2.18. The molecule has 25 heavy (non-hydrogen) atoms. The molecule has 0 amide bonds. The van der Waals surface area contributed by atoms with Crippen LogP contribution in [0.25, 0.3) is 11.1 Å². The van der Waals surface area contributed by atoms with Crippen molar-refractivity contribution >= 4 is 0 Å². The van der Waals surface area contributed by atoms with Crippen LogP contribution in [0.2, 0.25) is 0 Å². The van der Waals surface area contributed by atoms with Crippen molar-refractivity contribution in [1.29, 1.82) is 0 Å². The Labute approximate surface area is 146 Å². The Balaban J connectivity index is 1.65. The maximum atomic E-state index is 13.3. The standard InChI is InChI=1S/C21H18F2O2/c1-2-3-16-13-24-21(25-14-16)11-6-15-4-7-17(8-5-15)18-9-10-19(22)20(23)12-18/h2-5,7-10,12,16,21H,13-14H2,1H3/t16-,21-. The van der Waals surface area contributed by atoms with Crippen LogP contribution in [0.3, 0.4) is 0 Å². The van der Waals surface area contributed by atoms with Gasteiger partial charge in [0.25, 0.3) is 0 Å². The topological polar surface area (TPSA) is 18.5 Å². The number of halogens is 2. The molecule has 128 valence electrons. The van der Waals surface area contributed by atoms with Gasteiger partial charge < -0.3 is 9.47 Å². The zero-order valence-corrected chi connectivity index (χ0v) is 13.8.